The van der Waals surface area contributed by atoms with E-state index in [1.165, 1.54) is 275 Å². The van der Waals surface area contributed by atoms with E-state index in [9.17, 15) is 21.6 Å². The van der Waals surface area contributed by atoms with Crippen LogP contribution in [0, 0.1) is 11.8 Å². The summed E-state index contributed by atoms with van der Waals surface area (Å²) in [5, 5.41) is 2.59. The van der Waals surface area contributed by atoms with E-state index in [0.29, 0.717) is 33.2 Å². The first-order valence-corrected chi connectivity index (χ1v) is 54.4. The number of methoxy groups -OCH3 is 2. The van der Waals surface area contributed by atoms with E-state index in [0.717, 1.165) is 87.4 Å². The molecule has 1 saturated carbocycles. The smallest absolute Gasteiger partial charge is 0.217 e. The number of ether oxygens (including phenoxy) is 2. The maximum Gasteiger partial charge on any atom is 0.217 e. The van der Waals surface area contributed by atoms with E-state index >= 15 is 0 Å². The van der Waals surface area contributed by atoms with Crippen LogP contribution >= 0.6 is 0 Å². The number of nitrogens with one attached hydrogen (secondary N) is 3. The van der Waals surface area contributed by atoms with E-state index in [4.69, 9.17) is 9.47 Å². The summed E-state index contributed by atoms with van der Waals surface area (Å²) >= 11 is 0. The summed E-state index contributed by atoms with van der Waals surface area (Å²) in [6, 6.07) is 4.12. The van der Waals surface area contributed by atoms with Crippen molar-refractivity contribution in [2.45, 2.75) is 372 Å². The molecule has 2 unspecified atom stereocenters. The summed E-state index contributed by atoms with van der Waals surface area (Å²) < 4.78 is 55.6. The van der Waals surface area contributed by atoms with Gasteiger partial charge in [-0.2, -0.15) is 0 Å². The van der Waals surface area contributed by atoms with Crippen LogP contribution in [-0.4, -0.2) is 444 Å². The van der Waals surface area contributed by atoms with E-state index in [1.807, 2.05) is 13.8 Å². The first-order chi connectivity index (χ1) is 59.0. The van der Waals surface area contributed by atoms with E-state index in [2.05, 4.69) is 311 Å². The Bertz CT molecular complexity index is 2880. The molecular formula is C101H222N18O7S2. The van der Waals surface area contributed by atoms with Crippen LogP contribution in [0.15, 0.2) is 0 Å². The van der Waals surface area contributed by atoms with Crippen LogP contribution in [0.2, 0.25) is 0 Å². The first kappa shape index (κ1) is 129. The van der Waals surface area contributed by atoms with Crippen molar-refractivity contribution in [3.63, 3.8) is 0 Å². The molecular weight excluding hydrogens is 1640 g/mol. The van der Waals surface area contributed by atoms with Gasteiger partial charge in [-0.05, 0) is 370 Å². The van der Waals surface area contributed by atoms with Crippen molar-refractivity contribution in [2.24, 2.45) is 11.8 Å². The van der Waals surface area contributed by atoms with Crippen LogP contribution in [0.3, 0.4) is 0 Å². The lowest BCUT2D eigenvalue weighted by atomic mass is 9.89. The van der Waals surface area contributed by atoms with Gasteiger partial charge in [-0.1, -0.05) is 34.1 Å². The molecule has 0 aromatic carbocycles. The molecule has 1 amide bonds. The number of likely N-dealkylation sites (N-methyl/N-ethyl adjacent to an activating group) is 3. The van der Waals surface area contributed by atoms with Crippen molar-refractivity contribution in [3.05, 3.63) is 0 Å². The van der Waals surface area contributed by atoms with Crippen LogP contribution < -0.4 is 14.8 Å². The third-order valence-electron chi connectivity index (χ3n) is 26.7. The minimum Gasteiger partial charge on any atom is -0.383 e. The van der Waals surface area contributed by atoms with Crippen molar-refractivity contribution < 1.29 is 31.1 Å². The monoisotopic (exact) mass is 1860 g/mol. The average molecular weight is 1870 g/mol. The molecule has 128 heavy (non-hydrogen) atoms. The van der Waals surface area contributed by atoms with E-state index in [1.54, 1.807) is 14.2 Å². The Morgan fingerprint density at radius 3 is 1.04 bits per heavy atom. The van der Waals surface area contributed by atoms with Gasteiger partial charge in [-0.15, -0.1) is 0 Å². The summed E-state index contributed by atoms with van der Waals surface area (Å²) in [5.74, 6) is 1.88. The lowest BCUT2D eigenvalue weighted by Crippen LogP contribution is -2.56. The SMILES string of the molecule is CC(=O)NC(C)C.CC(C)(C)N1CCCCC1.CC(C)N1CCC(N(C)C)C1.CC(C)N1CCCC1.CCC1CN(C(C)(C)C)CCN1C.CCCN1CCN(C(C)(C)C)CC1.CN(C)C1CCN(C(C)(C)C)CC1.CN1CCN(C(C)(C)C)CC1.CNS(=O)(=O)C1CC1.CNS(C)(=O)=O.COCCN1CCC(CC(C)C)CC1.COCCN1CCN(C(C)(C)C)CC1. The van der Waals surface area contributed by atoms with Crippen molar-refractivity contribution in [2.75, 3.05) is 273 Å². The summed E-state index contributed by atoms with van der Waals surface area (Å²) in [5.41, 5.74) is 2.15. The minimum absolute atomic E-state index is 0.0370. The van der Waals surface area contributed by atoms with Gasteiger partial charge in [0.2, 0.25) is 26.0 Å². The fourth-order valence-corrected chi connectivity index (χ4v) is 18.2. The second kappa shape index (κ2) is 66.2. The molecule has 770 valence electrons. The Kier molecular flexibility index (Phi) is 66.6. The van der Waals surface area contributed by atoms with Crippen LogP contribution in [0.1, 0.15) is 297 Å². The summed E-state index contributed by atoms with van der Waals surface area (Å²) in [4.78, 5) is 47.8. The van der Waals surface area contributed by atoms with Crippen molar-refractivity contribution in [1.82, 2.24) is 88.3 Å². The molecule has 1 aliphatic carbocycles. The Morgan fingerprint density at radius 2 is 0.766 bits per heavy atom. The van der Waals surface area contributed by atoms with Crippen LogP contribution in [-0.2, 0) is 34.3 Å². The number of rotatable bonds is 19. The van der Waals surface area contributed by atoms with Crippen molar-refractivity contribution in [1.29, 1.82) is 0 Å². The summed E-state index contributed by atoms with van der Waals surface area (Å²) in [6.45, 7) is 101. The average Bonchev–Trinajstić information content (AvgIpc) is 1.65. The number of likely N-dealkylation sites (tertiary alicyclic amines) is 5. The zero-order chi connectivity index (χ0) is 98.8. The van der Waals surface area contributed by atoms with Gasteiger partial charge in [-0.3, -0.25) is 44.0 Å². The van der Waals surface area contributed by atoms with Gasteiger partial charge >= 0.3 is 0 Å². The summed E-state index contributed by atoms with van der Waals surface area (Å²) in [6.07, 6.45) is 20.6. The zero-order valence-electron chi connectivity index (χ0n) is 92.4. The maximum absolute atomic E-state index is 10.7. The molecule has 25 nitrogen and oxygen atoms in total. The highest BCUT2D eigenvalue weighted by atomic mass is 32.2. The molecule has 9 heterocycles. The van der Waals surface area contributed by atoms with Gasteiger partial charge in [0.1, 0.15) is 0 Å². The van der Waals surface area contributed by atoms with Crippen LogP contribution in [0.5, 0.6) is 0 Å². The van der Waals surface area contributed by atoms with Gasteiger partial charge in [0.25, 0.3) is 0 Å². The van der Waals surface area contributed by atoms with Crippen molar-refractivity contribution in [3.8, 4) is 0 Å². The third-order valence-corrected chi connectivity index (χ3v) is 29.3. The van der Waals surface area contributed by atoms with Crippen LogP contribution in [0.4, 0.5) is 0 Å². The number of piperidine rings is 3. The topological polar surface area (TPSA) is 188 Å². The number of hydrogen-bond donors (Lipinski definition) is 3. The van der Waals surface area contributed by atoms with Gasteiger partial charge in [-0.25, -0.2) is 26.3 Å². The lowest BCUT2D eigenvalue weighted by molar-refractivity contribution is -0.119. The maximum atomic E-state index is 10.7. The van der Waals surface area contributed by atoms with Gasteiger partial charge in [0, 0.05) is 228 Å². The lowest BCUT2D eigenvalue weighted by Gasteiger charge is -2.45. The third kappa shape index (κ3) is 63.2. The van der Waals surface area contributed by atoms with E-state index in [-0.39, 0.29) is 17.2 Å². The first-order valence-electron chi connectivity index (χ1n) is 51.0. The molecule has 10 fully saturated rings. The quantitative estimate of drug-likeness (QED) is 0.111. The minimum atomic E-state index is -2.91. The normalized spacial score (nSPS) is 22.0. The number of carbonyl (C=O) groups is 1. The highest BCUT2D eigenvalue weighted by Gasteiger charge is 2.36. The van der Waals surface area contributed by atoms with E-state index < -0.39 is 20.0 Å². The number of piperazine rings is 4. The molecule has 0 aromatic heterocycles. The standard InChI is InChI=1S/C12H25NO.C11H24N2O.3C11H24N2.2C9H20N2.C9H19N.C7H15N.C5H11NO.C4H9NO2S.C2H7NO2S/c1-11(2)10-12-4-6-13(7-5-12)8-9-14-3;1-11(2,3)13-7-5-12(6-8-13)9-10-14-4;1-11(2,3)13-8-6-10(7-9-13)12(4)5;1-6-10-9-13(11(2,3)4)8-7-12(10)5;1-5-6-12-7-9-13(10-8-12)11(2,3)4;1-9(2,3)11-7-5-10(4)6-8-11;1-8(2)11-6-5-9(7-11)10(3)4;1-9(2,3)10-7-5-4-6-8-10;1-7(2)8-5-3-4-6-8;1-4(2)6-5(3)7;1-5-8(6,7)4-2-3-4;1-3-6(2,4)5/h11-12H,4-10H2,1-3H3;5-10H2,1-4H3;2*10H,6-9H2,1-5H3;5-10H2,1-4H3;5-8H2,1-4H3;8-9H,5-7H2,1-4H3;4-8H2,1-3H3;7H,3-6H2,1-2H3;4H,1-3H3,(H,6,7);4-5H,2-3H2,1H3;3H,1-2H3. The second-order valence-electron chi connectivity index (χ2n) is 45.7. The Hall–Kier alpha value is -1.39. The molecule has 10 rings (SSSR count). The molecule has 3 N–H and O–H groups in total. The molecule has 9 saturated heterocycles. The number of amides is 1. The summed E-state index contributed by atoms with van der Waals surface area (Å²) in [7, 11) is 13.8. The van der Waals surface area contributed by atoms with Crippen molar-refractivity contribution >= 4 is 26.0 Å². The number of carbonyl (C=O) groups excluding carboxylic acids is 1. The Balaban J connectivity index is 0. The largest absolute Gasteiger partial charge is 0.383 e. The Labute approximate surface area is 797 Å². The Morgan fingerprint density at radius 1 is 0.414 bits per heavy atom. The fourth-order valence-electron chi connectivity index (χ4n) is 17.1. The predicted octanol–water partition coefficient (Wildman–Crippen LogP) is 14.1. The molecule has 2 atom stereocenters. The molecule has 0 spiro atoms. The van der Waals surface area contributed by atoms with Gasteiger partial charge in [0.15, 0.2) is 0 Å². The second-order valence-corrected chi connectivity index (χ2v) is 49.8. The van der Waals surface area contributed by atoms with Gasteiger partial charge in [0.05, 0.1) is 24.7 Å². The highest BCUT2D eigenvalue weighted by molar-refractivity contribution is 7.90. The van der Waals surface area contributed by atoms with Crippen LogP contribution in [0.25, 0.3) is 0 Å². The highest BCUT2D eigenvalue weighted by Crippen LogP contribution is 2.29. The molecule has 27 heteroatoms. The predicted molar refractivity (Wildman–Crippen MR) is 557 cm³/mol. The number of sulfonamides is 2. The fraction of sp³-hybridized carbons (Fsp3) is 0.990. The van der Waals surface area contributed by atoms with Gasteiger partial charge < -0.3 is 49.1 Å². The molecule has 0 aromatic rings. The number of nitrogens with zero attached hydrogens (tertiary/aromatic N) is 15. The molecule has 9 aliphatic heterocycles. The number of hydrogen-bond acceptors (Lipinski definition) is 22. The molecule has 0 radical (unpaired) electrons. The molecule has 0 bridgehead atoms. The zero-order valence-corrected chi connectivity index (χ0v) is 94.0. The molecule has 10 aliphatic rings.